The maximum atomic E-state index is 12.3. The van der Waals surface area contributed by atoms with Crippen LogP contribution in [0.1, 0.15) is 46.8 Å². The minimum absolute atomic E-state index is 0.0424. The molecule has 1 aliphatic rings. The SMILES string of the molecule is Cc1cc(C)c(NC(=O)COc2cccc3c2CCC[C@@H]3O)c(C)c1. The molecule has 3 rings (SSSR count). The van der Waals surface area contributed by atoms with E-state index in [1.165, 1.54) is 5.56 Å². The highest BCUT2D eigenvalue weighted by Gasteiger charge is 2.21. The third kappa shape index (κ3) is 3.85. The van der Waals surface area contributed by atoms with E-state index in [0.717, 1.165) is 47.2 Å². The van der Waals surface area contributed by atoms with Gasteiger partial charge in [0.15, 0.2) is 6.61 Å². The normalized spacial score (nSPS) is 16.2. The summed E-state index contributed by atoms with van der Waals surface area (Å²) in [7, 11) is 0. The first-order chi connectivity index (χ1) is 12.0. The molecular weight excluding hydrogens is 314 g/mol. The van der Waals surface area contributed by atoms with Crippen molar-refractivity contribution in [2.24, 2.45) is 0 Å². The summed E-state index contributed by atoms with van der Waals surface area (Å²) in [6, 6.07) is 9.78. The first-order valence-corrected chi connectivity index (χ1v) is 8.76. The van der Waals surface area contributed by atoms with Gasteiger partial charge in [0.2, 0.25) is 0 Å². The zero-order chi connectivity index (χ0) is 18.0. The van der Waals surface area contributed by atoms with Gasteiger partial charge in [-0.2, -0.15) is 0 Å². The summed E-state index contributed by atoms with van der Waals surface area (Å²) in [5.74, 6) is 0.521. The lowest BCUT2D eigenvalue weighted by atomic mass is 9.89. The average molecular weight is 339 g/mol. The number of aryl methyl sites for hydroxylation is 3. The molecule has 0 aromatic heterocycles. The molecule has 132 valence electrons. The zero-order valence-electron chi connectivity index (χ0n) is 15.1. The van der Waals surface area contributed by atoms with Crippen molar-refractivity contribution in [3.05, 3.63) is 58.1 Å². The predicted octanol–water partition coefficient (Wildman–Crippen LogP) is 4.00. The van der Waals surface area contributed by atoms with Crippen LogP contribution in [0, 0.1) is 20.8 Å². The second-order valence-electron chi connectivity index (χ2n) is 6.84. The second-order valence-corrected chi connectivity index (χ2v) is 6.84. The Kier molecular flexibility index (Phi) is 5.09. The molecule has 2 aromatic rings. The van der Waals surface area contributed by atoms with E-state index in [1.54, 1.807) is 0 Å². The quantitative estimate of drug-likeness (QED) is 0.885. The zero-order valence-corrected chi connectivity index (χ0v) is 15.1. The lowest BCUT2D eigenvalue weighted by molar-refractivity contribution is -0.118. The molecule has 0 saturated heterocycles. The number of hydrogen-bond donors (Lipinski definition) is 2. The highest BCUT2D eigenvalue weighted by Crippen LogP contribution is 2.35. The maximum absolute atomic E-state index is 12.3. The monoisotopic (exact) mass is 339 g/mol. The molecule has 1 amide bonds. The van der Waals surface area contributed by atoms with Crippen molar-refractivity contribution >= 4 is 11.6 Å². The lowest BCUT2D eigenvalue weighted by Gasteiger charge is -2.23. The Labute approximate surface area is 148 Å². The van der Waals surface area contributed by atoms with Crippen LogP contribution in [0.3, 0.4) is 0 Å². The molecule has 0 fully saturated rings. The van der Waals surface area contributed by atoms with Crippen molar-refractivity contribution in [1.82, 2.24) is 0 Å². The molecule has 0 aliphatic heterocycles. The van der Waals surface area contributed by atoms with Gasteiger partial charge < -0.3 is 15.2 Å². The van der Waals surface area contributed by atoms with Gasteiger partial charge in [-0.25, -0.2) is 0 Å². The summed E-state index contributed by atoms with van der Waals surface area (Å²) in [6.45, 7) is 5.98. The molecule has 1 aliphatic carbocycles. The first-order valence-electron chi connectivity index (χ1n) is 8.76. The molecule has 0 spiro atoms. The third-order valence-corrected chi connectivity index (χ3v) is 4.73. The molecule has 2 N–H and O–H groups in total. The highest BCUT2D eigenvalue weighted by molar-refractivity contribution is 5.93. The molecule has 2 aromatic carbocycles. The fourth-order valence-electron chi connectivity index (χ4n) is 3.62. The molecule has 0 unspecified atom stereocenters. The lowest BCUT2D eigenvalue weighted by Crippen LogP contribution is -2.22. The number of aliphatic hydroxyl groups excluding tert-OH is 1. The summed E-state index contributed by atoms with van der Waals surface area (Å²) < 4.78 is 5.77. The van der Waals surface area contributed by atoms with E-state index in [1.807, 2.05) is 39.0 Å². The van der Waals surface area contributed by atoms with Gasteiger partial charge in [-0.15, -0.1) is 0 Å². The molecule has 4 nitrogen and oxygen atoms in total. The van der Waals surface area contributed by atoms with E-state index in [0.29, 0.717) is 5.75 Å². The number of rotatable bonds is 4. The van der Waals surface area contributed by atoms with Gasteiger partial charge in [-0.1, -0.05) is 29.8 Å². The Hall–Kier alpha value is -2.33. The van der Waals surface area contributed by atoms with Crippen LogP contribution in [0.5, 0.6) is 5.75 Å². The highest BCUT2D eigenvalue weighted by atomic mass is 16.5. The second kappa shape index (κ2) is 7.28. The van der Waals surface area contributed by atoms with E-state index >= 15 is 0 Å². The van der Waals surface area contributed by atoms with Crippen molar-refractivity contribution in [2.75, 3.05) is 11.9 Å². The van der Waals surface area contributed by atoms with E-state index in [-0.39, 0.29) is 12.5 Å². The summed E-state index contributed by atoms with van der Waals surface area (Å²) in [5.41, 5.74) is 6.08. The minimum Gasteiger partial charge on any atom is -0.483 e. The number of fused-ring (bicyclic) bond motifs is 1. The topological polar surface area (TPSA) is 58.6 Å². The minimum atomic E-state index is -0.431. The van der Waals surface area contributed by atoms with Crippen LogP contribution in [0.4, 0.5) is 5.69 Å². The fraction of sp³-hybridized carbons (Fsp3) is 0.381. The van der Waals surface area contributed by atoms with Crippen molar-refractivity contribution in [3.63, 3.8) is 0 Å². The molecular formula is C21H25NO3. The van der Waals surface area contributed by atoms with E-state index < -0.39 is 6.10 Å². The number of carbonyl (C=O) groups excluding carboxylic acids is 1. The molecule has 4 heteroatoms. The Morgan fingerprint density at radius 3 is 2.68 bits per heavy atom. The summed E-state index contributed by atoms with van der Waals surface area (Å²) in [4.78, 5) is 12.3. The fourth-order valence-corrected chi connectivity index (χ4v) is 3.62. The van der Waals surface area contributed by atoms with Crippen molar-refractivity contribution in [2.45, 2.75) is 46.1 Å². The van der Waals surface area contributed by atoms with Crippen molar-refractivity contribution < 1.29 is 14.6 Å². The number of anilines is 1. The van der Waals surface area contributed by atoms with Gasteiger partial charge >= 0.3 is 0 Å². The van der Waals surface area contributed by atoms with E-state index in [9.17, 15) is 9.90 Å². The van der Waals surface area contributed by atoms with Crippen LogP contribution in [-0.2, 0) is 11.2 Å². The Bertz CT molecular complexity index is 775. The molecule has 0 saturated carbocycles. The smallest absolute Gasteiger partial charge is 0.262 e. The van der Waals surface area contributed by atoms with Crippen LogP contribution in [0.15, 0.2) is 30.3 Å². The standard InChI is InChI=1S/C21H25NO3/c1-13-10-14(2)21(15(3)11-13)22-20(24)12-25-19-9-5-6-16-17(19)7-4-8-18(16)23/h5-6,9-11,18,23H,4,7-8,12H2,1-3H3,(H,22,24)/t18-/m0/s1. The number of benzene rings is 2. The molecule has 0 heterocycles. The number of nitrogens with one attached hydrogen (secondary N) is 1. The van der Waals surface area contributed by atoms with Crippen molar-refractivity contribution in [3.8, 4) is 5.75 Å². The summed E-state index contributed by atoms with van der Waals surface area (Å²) in [6.07, 6.45) is 2.16. The van der Waals surface area contributed by atoms with Gasteiger partial charge in [0, 0.05) is 5.69 Å². The number of carbonyl (C=O) groups is 1. The van der Waals surface area contributed by atoms with Gasteiger partial charge in [0.25, 0.3) is 5.91 Å². The van der Waals surface area contributed by atoms with Gasteiger partial charge in [-0.3, -0.25) is 4.79 Å². The molecule has 0 radical (unpaired) electrons. The molecule has 1 atom stereocenters. The van der Waals surface area contributed by atoms with Gasteiger partial charge in [-0.05, 0) is 68.4 Å². The summed E-state index contributed by atoms with van der Waals surface area (Å²) >= 11 is 0. The number of amides is 1. The number of ether oxygens (including phenoxy) is 1. The van der Waals surface area contributed by atoms with E-state index in [4.69, 9.17) is 4.74 Å². The van der Waals surface area contributed by atoms with Gasteiger partial charge in [0.05, 0.1) is 6.10 Å². The maximum Gasteiger partial charge on any atom is 0.262 e. The van der Waals surface area contributed by atoms with Crippen LogP contribution < -0.4 is 10.1 Å². The molecule has 0 bridgehead atoms. The largest absolute Gasteiger partial charge is 0.483 e. The van der Waals surface area contributed by atoms with E-state index in [2.05, 4.69) is 17.4 Å². The van der Waals surface area contributed by atoms with Crippen LogP contribution in [0.2, 0.25) is 0 Å². The number of aliphatic hydroxyl groups is 1. The average Bonchev–Trinajstić information content (AvgIpc) is 2.56. The van der Waals surface area contributed by atoms with Crippen LogP contribution in [0.25, 0.3) is 0 Å². The summed E-state index contributed by atoms with van der Waals surface area (Å²) in [5, 5.41) is 13.1. The first kappa shape index (κ1) is 17.5. The van der Waals surface area contributed by atoms with Crippen molar-refractivity contribution in [1.29, 1.82) is 0 Å². The van der Waals surface area contributed by atoms with Crippen LogP contribution in [-0.4, -0.2) is 17.6 Å². The third-order valence-electron chi connectivity index (χ3n) is 4.73. The number of hydrogen-bond acceptors (Lipinski definition) is 3. The Balaban J connectivity index is 1.69. The van der Waals surface area contributed by atoms with Crippen LogP contribution >= 0.6 is 0 Å². The Morgan fingerprint density at radius 1 is 1.24 bits per heavy atom. The Morgan fingerprint density at radius 2 is 1.96 bits per heavy atom. The predicted molar refractivity (Wildman–Crippen MR) is 99.1 cm³/mol. The van der Waals surface area contributed by atoms with Gasteiger partial charge in [0.1, 0.15) is 5.75 Å². The molecule has 25 heavy (non-hydrogen) atoms.